The summed E-state index contributed by atoms with van der Waals surface area (Å²) in [5.41, 5.74) is 0. The van der Waals surface area contributed by atoms with E-state index >= 15 is 0 Å². The Morgan fingerprint density at radius 2 is 1.50 bits per heavy atom. The van der Waals surface area contributed by atoms with Gasteiger partial charge in [0.2, 0.25) is 0 Å². The number of rotatable bonds is 3. The molecule has 0 aromatic heterocycles. The molecule has 4 aliphatic rings. The highest BCUT2D eigenvalue weighted by Crippen LogP contribution is 2.64. The standard InChI is InChI=1S/C18H28/c1-3-15-11-5-7-13(9-11)17(15)18-14-8-6-12(10-14)16(18)4-2/h3,11-18H,1,4-10H2,2H3. The second kappa shape index (κ2) is 4.12. The van der Waals surface area contributed by atoms with E-state index in [1.807, 2.05) is 0 Å². The molecular formula is C18H28. The molecule has 0 aliphatic heterocycles. The lowest BCUT2D eigenvalue weighted by Crippen LogP contribution is -2.36. The summed E-state index contributed by atoms with van der Waals surface area (Å²) in [5, 5.41) is 0. The molecule has 0 nitrogen and oxygen atoms in total. The Balaban J connectivity index is 1.64. The molecule has 4 bridgehead atoms. The van der Waals surface area contributed by atoms with E-state index in [1.165, 1.54) is 12.8 Å². The summed E-state index contributed by atoms with van der Waals surface area (Å²) in [4.78, 5) is 0. The maximum absolute atomic E-state index is 4.20. The summed E-state index contributed by atoms with van der Waals surface area (Å²) in [6.45, 7) is 6.65. The van der Waals surface area contributed by atoms with Crippen LogP contribution in [0.25, 0.3) is 0 Å². The minimum Gasteiger partial charge on any atom is -0.103 e. The molecule has 4 fully saturated rings. The van der Waals surface area contributed by atoms with Gasteiger partial charge in [0.05, 0.1) is 0 Å². The molecule has 0 radical (unpaired) electrons. The van der Waals surface area contributed by atoms with Crippen LogP contribution in [0.15, 0.2) is 12.7 Å². The Labute approximate surface area is 112 Å². The monoisotopic (exact) mass is 244 g/mol. The van der Waals surface area contributed by atoms with Gasteiger partial charge in [-0.3, -0.25) is 0 Å². The molecule has 18 heavy (non-hydrogen) atoms. The summed E-state index contributed by atoms with van der Waals surface area (Å²) < 4.78 is 0. The van der Waals surface area contributed by atoms with Crippen molar-refractivity contribution >= 4 is 0 Å². The van der Waals surface area contributed by atoms with Crippen LogP contribution in [0, 0.1) is 47.3 Å². The second-order valence-electron chi connectivity index (χ2n) is 7.71. The average molecular weight is 244 g/mol. The van der Waals surface area contributed by atoms with Crippen molar-refractivity contribution in [2.45, 2.75) is 51.9 Å². The number of hydrogen-bond acceptors (Lipinski definition) is 0. The molecular weight excluding hydrogens is 216 g/mol. The second-order valence-corrected chi connectivity index (χ2v) is 7.71. The molecule has 8 atom stereocenters. The fourth-order valence-electron chi connectivity index (χ4n) is 6.96. The highest BCUT2D eigenvalue weighted by Gasteiger charge is 2.57. The lowest BCUT2D eigenvalue weighted by Gasteiger charge is -2.42. The topological polar surface area (TPSA) is 0 Å². The zero-order valence-corrected chi connectivity index (χ0v) is 11.9. The van der Waals surface area contributed by atoms with Gasteiger partial charge in [-0.1, -0.05) is 19.4 Å². The van der Waals surface area contributed by atoms with Gasteiger partial charge in [0, 0.05) is 0 Å². The van der Waals surface area contributed by atoms with Gasteiger partial charge in [-0.25, -0.2) is 0 Å². The molecule has 0 saturated heterocycles. The van der Waals surface area contributed by atoms with Crippen LogP contribution in [-0.4, -0.2) is 0 Å². The van der Waals surface area contributed by atoms with E-state index in [-0.39, 0.29) is 0 Å². The molecule has 0 amide bonds. The largest absolute Gasteiger partial charge is 0.103 e. The zero-order valence-electron chi connectivity index (χ0n) is 11.9. The highest BCUT2D eigenvalue weighted by molar-refractivity contribution is 5.09. The fraction of sp³-hybridized carbons (Fsp3) is 0.889. The van der Waals surface area contributed by atoms with Crippen molar-refractivity contribution in [2.24, 2.45) is 47.3 Å². The molecule has 100 valence electrons. The third-order valence-corrected chi connectivity index (χ3v) is 7.39. The van der Waals surface area contributed by atoms with Gasteiger partial charge in [-0.15, -0.1) is 6.58 Å². The van der Waals surface area contributed by atoms with Crippen LogP contribution in [0.3, 0.4) is 0 Å². The third kappa shape index (κ3) is 1.38. The van der Waals surface area contributed by atoms with Crippen LogP contribution in [0.2, 0.25) is 0 Å². The summed E-state index contributed by atoms with van der Waals surface area (Å²) in [6.07, 6.45) is 13.1. The first-order chi connectivity index (χ1) is 8.83. The predicted octanol–water partition coefficient (Wildman–Crippen LogP) is 4.91. The lowest BCUT2D eigenvalue weighted by atomic mass is 9.63. The van der Waals surface area contributed by atoms with Gasteiger partial charge in [0.1, 0.15) is 0 Å². The highest BCUT2D eigenvalue weighted by atomic mass is 14.6. The van der Waals surface area contributed by atoms with Crippen molar-refractivity contribution in [3.8, 4) is 0 Å². The van der Waals surface area contributed by atoms with Crippen molar-refractivity contribution in [3.05, 3.63) is 12.7 Å². The van der Waals surface area contributed by atoms with E-state index in [9.17, 15) is 0 Å². The number of allylic oxidation sites excluding steroid dienone is 1. The number of hydrogen-bond donors (Lipinski definition) is 0. The molecule has 0 heteroatoms. The maximum atomic E-state index is 4.20. The SMILES string of the molecule is C=CC1C2CCC(C2)C1C1C2CCC(C2)C1CC. The Kier molecular flexibility index (Phi) is 2.64. The molecule has 0 heterocycles. The fourth-order valence-corrected chi connectivity index (χ4v) is 6.96. The Bertz CT molecular complexity index is 344. The number of fused-ring (bicyclic) bond motifs is 4. The molecule has 4 saturated carbocycles. The van der Waals surface area contributed by atoms with Gasteiger partial charge in [-0.05, 0) is 85.9 Å². The lowest BCUT2D eigenvalue weighted by molar-refractivity contribution is 0.0781. The van der Waals surface area contributed by atoms with Crippen LogP contribution in [0.5, 0.6) is 0 Å². The van der Waals surface area contributed by atoms with Crippen LogP contribution in [-0.2, 0) is 0 Å². The third-order valence-electron chi connectivity index (χ3n) is 7.39. The van der Waals surface area contributed by atoms with E-state index in [2.05, 4.69) is 19.6 Å². The zero-order chi connectivity index (χ0) is 12.3. The van der Waals surface area contributed by atoms with E-state index in [1.54, 1.807) is 32.1 Å². The molecule has 0 spiro atoms. The van der Waals surface area contributed by atoms with Crippen molar-refractivity contribution in [2.75, 3.05) is 0 Å². The van der Waals surface area contributed by atoms with E-state index in [4.69, 9.17) is 0 Å². The van der Waals surface area contributed by atoms with Crippen LogP contribution >= 0.6 is 0 Å². The van der Waals surface area contributed by atoms with Crippen molar-refractivity contribution in [1.82, 2.24) is 0 Å². The van der Waals surface area contributed by atoms with Crippen molar-refractivity contribution < 1.29 is 0 Å². The van der Waals surface area contributed by atoms with Gasteiger partial charge in [0.15, 0.2) is 0 Å². The Hall–Kier alpha value is -0.260. The first-order valence-electron chi connectivity index (χ1n) is 8.46. The Morgan fingerprint density at radius 3 is 2.22 bits per heavy atom. The van der Waals surface area contributed by atoms with Crippen LogP contribution in [0.4, 0.5) is 0 Å². The van der Waals surface area contributed by atoms with Crippen molar-refractivity contribution in [3.63, 3.8) is 0 Å². The van der Waals surface area contributed by atoms with Gasteiger partial charge >= 0.3 is 0 Å². The average Bonchev–Trinajstić information content (AvgIpc) is 3.14. The summed E-state index contributed by atoms with van der Waals surface area (Å²) in [6, 6.07) is 0. The van der Waals surface area contributed by atoms with Crippen molar-refractivity contribution in [1.29, 1.82) is 0 Å². The smallest absolute Gasteiger partial charge is 0.0174 e. The maximum Gasteiger partial charge on any atom is -0.0174 e. The van der Waals surface area contributed by atoms with Gasteiger partial charge in [0.25, 0.3) is 0 Å². The molecule has 0 N–H and O–H groups in total. The minimum atomic E-state index is 0.891. The molecule has 0 aromatic carbocycles. The minimum absolute atomic E-state index is 0.891. The molecule has 8 unspecified atom stereocenters. The summed E-state index contributed by atoms with van der Waals surface area (Å²) >= 11 is 0. The van der Waals surface area contributed by atoms with Gasteiger partial charge < -0.3 is 0 Å². The van der Waals surface area contributed by atoms with Crippen LogP contribution < -0.4 is 0 Å². The first-order valence-corrected chi connectivity index (χ1v) is 8.46. The van der Waals surface area contributed by atoms with E-state index in [0.29, 0.717) is 0 Å². The molecule has 0 aromatic rings. The molecule has 4 aliphatic carbocycles. The quantitative estimate of drug-likeness (QED) is 0.619. The van der Waals surface area contributed by atoms with E-state index < -0.39 is 0 Å². The molecule has 4 rings (SSSR count). The first kappa shape index (κ1) is 11.6. The normalized spacial score (nSPS) is 57.4. The predicted molar refractivity (Wildman–Crippen MR) is 76.1 cm³/mol. The Morgan fingerprint density at radius 1 is 0.889 bits per heavy atom. The summed E-state index contributed by atoms with van der Waals surface area (Å²) in [7, 11) is 0. The summed E-state index contributed by atoms with van der Waals surface area (Å²) in [5.74, 6) is 8.41. The van der Waals surface area contributed by atoms with E-state index in [0.717, 1.165) is 47.3 Å². The van der Waals surface area contributed by atoms with Gasteiger partial charge in [-0.2, -0.15) is 0 Å². The van der Waals surface area contributed by atoms with Crippen LogP contribution in [0.1, 0.15) is 51.9 Å².